The van der Waals surface area contributed by atoms with Gasteiger partial charge in [-0.25, -0.2) is 4.99 Å². The molecule has 0 heterocycles. The van der Waals surface area contributed by atoms with Gasteiger partial charge >= 0.3 is 0 Å². The molecule has 0 aliphatic rings. The number of aliphatic imine (C=N–C) groups is 1. The molecular formula is C9H13Cl2NO. The minimum atomic E-state index is -0.0651. The first kappa shape index (κ1) is 12.5. The Balaban J connectivity index is 4.20. The van der Waals surface area contributed by atoms with Crippen LogP contribution in [-0.4, -0.2) is 11.3 Å². The van der Waals surface area contributed by atoms with Crippen molar-refractivity contribution in [1.82, 2.24) is 0 Å². The van der Waals surface area contributed by atoms with Crippen LogP contribution in [0.2, 0.25) is 0 Å². The number of rotatable bonds is 4. The second-order valence-electron chi connectivity index (χ2n) is 2.49. The third kappa shape index (κ3) is 6.67. The first-order valence-electron chi connectivity index (χ1n) is 4.03. The van der Waals surface area contributed by atoms with Gasteiger partial charge in [0.25, 0.3) is 0 Å². The van der Waals surface area contributed by atoms with Crippen LogP contribution in [0, 0.1) is 0 Å². The van der Waals surface area contributed by atoms with Gasteiger partial charge in [0.2, 0.25) is 0 Å². The zero-order valence-corrected chi connectivity index (χ0v) is 9.23. The number of aliphatic hydroxyl groups excluding tert-OH is 1. The normalized spacial score (nSPS) is 14.9. The van der Waals surface area contributed by atoms with E-state index in [4.69, 9.17) is 28.3 Å². The van der Waals surface area contributed by atoms with E-state index in [1.165, 1.54) is 6.21 Å². The van der Waals surface area contributed by atoms with Crippen LogP contribution in [0.4, 0.5) is 0 Å². The lowest BCUT2D eigenvalue weighted by Crippen LogP contribution is -1.83. The molecule has 1 N–H and O–H groups in total. The van der Waals surface area contributed by atoms with Crippen molar-refractivity contribution in [3.8, 4) is 0 Å². The first-order chi connectivity index (χ1) is 6.07. The smallest absolute Gasteiger partial charge is 0.148 e. The van der Waals surface area contributed by atoms with Crippen LogP contribution in [0.25, 0.3) is 0 Å². The van der Waals surface area contributed by atoms with Gasteiger partial charge in [0.05, 0.1) is 11.2 Å². The van der Waals surface area contributed by atoms with Crippen molar-refractivity contribution in [2.75, 3.05) is 0 Å². The average Bonchev–Trinajstić information content (AvgIpc) is 2.10. The van der Waals surface area contributed by atoms with Crippen LogP contribution in [0.1, 0.15) is 26.7 Å². The monoisotopic (exact) mass is 221 g/mol. The summed E-state index contributed by atoms with van der Waals surface area (Å²) in [4.78, 5) is 3.79. The molecule has 13 heavy (non-hydrogen) atoms. The van der Waals surface area contributed by atoms with E-state index < -0.39 is 0 Å². The van der Waals surface area contributed by atoms with Gasteiger partial charge in [-0.15, -0.1) is 0 Å². The summed E-state index contributed by atoms with van der Waals surface area (Å²) in [5, 5.41) is 9.78. The molecule has 0 aliphatic carbocycles. The number of unbranched alkanes of at least 4 members (excludes halogenated alkanes) is 1. The molecule has 0 amide bonds. The standard InChI is InChI=1S/C9H13Cl2NO/c1-3-4-5-9(11)12-6-8(13)7(2)10/h5-6,13H,3-4H2,1-2H3/b8-7-,9-5+,12-6+. The molecular weight excluding hydrogens is 209 g/mol. The summed E-state index contributed by atoms with van der Waals surface area (Å²) in [6.45, 7) is 3.62. The number of aliphatic hydroxyl groups is 1. The van der Waals surface area contributed by atoms with E-state index >= 15 is 0 Å². The number of hydrogen-bond donors (Lipinski definition) is 1. The maximum absolute atomic E-state index is 9.11. The Labute approximate surface area is 88.6 Å². The Morgan fingerprint density at radius 1 is 1.46 bits per heavy atom. The second-order valence-corrected chi connectivity index (χ2v) is 3.45. The lowest BCUT2D eigenvalue weighted by Gasteiger charge is -1.92. The predicted molar refractivity (Wildman–Crippen MR) is 58.5 cm³/mol. The maximum Gasteiger partial charge on any atom is 0.148 e. The largest absolute Gasteiger partial charge is 0.505 e. The topological polar surface area (TPSA) is 32.6 Å². The zero-order valence-electron chi connectivity index (χ0n) is 7.72. The molecule has 0 radical (unpaired) electrons. The number of nitrogens with zero attached hydrogens (tertiary/aromatic N) is 1. The van der Waals surface area contributed by atoms with E-state index in [1.54, 1.807) is 13.0 Å². The van der Waals surface area contributed by atoms with Crippen LogP contribution < -0.4 is 0 Å². The fraction of sp³-hybridized carbons (Fsp3) is 0.444. The van der Waals surface area contributed by atoms with Crippen molar-refractivity contribution in [3.63, 3.8) is 0 Å². The Bertz CT molecular complexity index is 240. The van der Waals surface area contributed by atoms with Crippen LogP contribution >= 0.6 is 23.2 Å². The molecule has 4 heteroatoms. The minimum absolute atomic E-state index is 0.0651. The van der Waals surface area contributed by atoms with E-state index in [1.807, 2.05) is 6.92 Å². The summed E-state index contributed by atoms with van der Waals surface area (Å²) >= 11 is 11.2. The quantitative estimate of drug-likeness (QED) is 0.435. The fourth-order valence-corrected chi connectivity index (χ4v) is 0.735. The highest BCUT2D eigenvalue weighted by atomic mass is 35.5. The molecule has 0 unspecified atom stereocenters. The van der Waals surface area contributed by atoms with Gasteiger partial charge in [-0.1, -0.05) is 36.5 Å². The number of hydrogen-bond acceptors (Lipinski definition) is 2. The summed E-state index contributed by atoms with van der Waals surface area (Å²) in [5.41, 5.74) is 0. The summed E-state index contributed by atoms with van der Waals surface area (Å²) in [7, 11) is 0. The Morgan fingerprint density at radius 3 is 2.54 bits per heavy atom. The molecule has 0 aliphatic heterocycles. The van der Waals surface area contributed by atoms with Crippen LogP contribution in [-0.2, 0) is 0 Å². The van der Waals surface area contributed by atoms with Gasteiger partial charge in [-0.3, -0.25) is 0 Å². The van der Waals surface area contributed by atoms with Gasteiger partial charge < -0.3 is 5.11 Å². The lowest BCUT2D eigenvalue weighted by molar-refractivity contribution is 0.443. The third-order valence-corrected chi connectivity index (χ3v) is 1.71. The van der Waals surface area contributed by atoms with Crippen molar-refractivity contribution >= 4 is 29.4 Å². The summed E-state index contributed by atoms with van der Waals surface area (Å²) < 4.78 is 0. The highest BCUT2D eigenvalue weighted by molar-refractivity contribution is 6.31. The molecule has 0 spiro atoms. The first-order valence-corrected chi connectivity index (χ1v) is 4.78. The zero-order chi connectivity index (χ0) is 10.3. The molecule has 0 bridgehead atoms. The number of halogens is 2. The molecule has 2 nitrogen and oxygen atoms in total. The van der Waals surface area contributed by atoms with Gasteiger partial charge in [0, 0.05) is 0 Å². The van der Waals surface area contributed by atoms with Crippen molar-refractivity contribution in [3.05, 3.63) is 22.0 Å². The van der Waals surface area contributed by atoms with Crippen molar-refractivity contribution in [2.24, 2.45) is 4.99 Å². The molecule has 0 aromatic rings. The molecule has 0 saturated heterocycles. The van der Waals surface area contributed by atoms with E-state index in [-0.39, 0.29) is 5.76 Å². The Morgan fingerprint density at radius 2 is 2.08 bits per heavy atom. The van der Waals surface area contributed by atoms with E-state index in [0.717, 1.165) is 12.8 Å². The van der Waals surface area contributed by atoms with Gasteiger partial charge in [0.1, 0.15) is 10.9 Å². The van der Waals surface area contributed by atoms with E-state index in [9.17, 15) is 0 Å². The third-order valence-electron chi connectivity index (χ3n) is 1.26. The average molecular weight is 222 g/mol. The summed E-state index contributed by atoms with van der Waals surface area (Å²) in [6, 6.07) is 0. The fourth-order valence-electron chi connectivity index (χ4n) is 0.528. The van der Waals surface area contributed by atoms with Crippen LogP contribution in [0.3, 0.4) is 0 Å². The van der Waals surface area contributed by atoms with Crippen molar-refractivity contribution < 1.29 is 5.11 Å². The molecule has 0 fully saturated rings. The second kappa shape index (κ2) is 6.98. The van der Waals surface area contributed by atoms with E-state index in [2.05, 4.69) is 4.99 Å². The van der Waals surface area contributed by atoms with Gasteiger partial charge in [-0.2, -0.15) is 0 Å². The minimum Gasteiger partial charge on any atom is -0.505 e. The van der Waals surface area contributed by atoms with Gasteiger partial charge in [0.15, 0.2) is 0 Å². The Hall–Kier alpha value is -0.470. The number of allylic oxidation sites excluding steroid dienone is 3. The molecule has 74 valence electrons. The van der Waals surface area contributed by atoms with Crippen LogP contribution in [0.5, 0.6) is 0 Å². The van der Waals surface area contributed by atoms with Crippen LogP contribution in [0.15, 0.2) is 27.0 Å². The highest BCUT2D eigenvalue weighted by Crippen LogP contribution is 2.08. The molecule has 0 atom stereocenters. The summed E-state index contributed by atoms with van der Waals surface area (Å²) in [5.74, 6) is -0.0651. The highest BCUT2D eigenvalue weighted by Gasteiger charge is 1.92. The Kier molecular flexibility index (Phi) is 6.73. The van der Waals surface area contributed by atoms with E-state index in [0.29, 0.717) is 10.2 Å². The predicted octanol–water partition coefficient (Wildman–Crippen LogP) is 3.97. The SMILES string of the molecule is CCC/C=C(Cl)/N=C/C(O)=C(\C)Cl. The maximum atomic E-state index is 9.11. The molecule has 0 rings (SSSR count). The van der Waals surface area contributed by atoms with Gasteiger partial charge in [-0.05, 0) is 19.4 Å². The molecule has 0 aromatic heterocycles. The lowest BCUT2D eigenvalue weighted by atomic mass is 10.3. The van der Waals surface area contributed by atoms with Crippen molar-refractivity contribution in [2.45, 2.75) is 26.7 Å². The van der Waals surface area contributed by atoms with Crippen molar-refractivity contribution in [1.29, 1.82) is 0 Å². The molecule has 0 saturated carbocycles. The summed E-state index contributed by atoms with van der Waals surface area (Å²) in [6.07, 6.45) is 4.91. The molecule has 0 aromatic carbocycles.